The summed E-state index contributed by atoms with van der Waals surface area (Å²) in [6.07, 6.45) is 0.936. The molecule has 6 heteroatoms. The number of carbonyl (C=O) groups is 2. The van der Waals surface area contributed by atoms with Gasteiger partial charge in [-0.05, 0) is 30.7 Å². The highest BCUT2D eigenvalue weighted by molar-refractivity contribution is 6.12. The van der Waals surface area contributed by atoms with E-state index in [-0.39, 0.29) is 0 Å². The van der Waals surface area contributed by atoms with E-state index in [2.05, 4.69) is 5.32 Å². The molecule has 0 aliphatic rings. The van der Waals surface area contributed by atoms with Gasteiger partial charge in [-0.15, -0.1) is 0 Å². The molecule has 6 nitrogen and oxygen atoms in total. The van der Waals surface area contributed by atoms with E-state index in [9.17, 15) is 9.59 Å². The number of aliphatic carboxylic acids is 2. The second-order valence-electron chi connectivity index (χ2n) is 3.50. The van der Waals surface area contributed by atoms with Crippen LogP contribution in [0.1, 0.15) is 5.56 Å². The third-order valence-electron chi connectivity index (χ3n) is 2.24. The lowest BCUT2D eigenvalue weighted by molar-refractivity contribution is -0.140. The molecular formula is C12H13NO5. The Morgan fingerprint density at radius 1 is 1.28 bits per heavy atom. The Morgan fingerprint density at radius 2 is 1.89 bits per heavy atom. The van der Waals surface area contributed by atoms with Crippen LogP contribution < -0.4 is 10.1 Å². The van der Waals surface area contributed by atoms with E-state index in [1.165, 1.54) is 0 Å². The van der Waals surface area contributed by atoms with Gasteiger partial charge in [0.1, 0.15) is 5.75 Å². The molecule has 0 saturated heterocycles. The van der Waals surface area contributed by atoms with E-state index < -0.39 is 17.5 Å². The van der Waals surface area contributed by atoms with Gasteiger partial charge < -0.3 is 20.3 Å². The molecule has 18 heavy (non-hydrogen) atoms. The molecule has 0 spiro atoms. The van der Waals surface area contributed by atoms with Gasteiger partial charge in [0.25, 0.3) is 0 Å². The van der Waals surface area contributed by atoms with Gasteiger partial charge in [0.15, 0.2) is 5.57 Å². The van der Waals surface area contributed by atoms with Crippen molar-refractivity contribution in [3.63, 3.8) is 0 Å². The summed E-state index contributed by atoms with van der Waals surface area (Å²) in [5.41, 5.74) is 0.694. The standard InChI is InChI=1S/C12H13NO5/c1-7-5-8(3-4-10(7)18-2)13-6-9(11(14)15)12(16)17/h3-6,13H,1-2H3,(H,14,15)(H,16,17). The molecule has 0 saturated carbocycles. The first kappa shape index (κ1) is 13.6. The fourth-order valence-electron chi connectivity index (χ4n) is 1.34. The van der Waals surface area contributed by atoms with Crippen LogP contribution in [0.4, 0.5) is 5.69 Å². The van der Waals surface area contributed by atoms with Gasteiger partial charge in [0.05, 0.1) is 7.11 Å². The summed E-state index contributed by atoms with van der Waals surface area (Å²) < 4.78 is 5.07. The van der Waals surface area contributed by atoms with Crippen molar-refractivity contribution in [1.82, 2.24) is 0 Å². The number of hydrogen-bond acceptors (Lipinski definition) is 4. The smallest absolute Gasteiger partial charge is 0.344 e. The number of benzene rings is 1. The van der Waals surface area contributed by atoms with E-state index in [0.29, 0.717) is 11.4 Å². The quantitative estimate of drug-likeness (QED) is 0.416. The van der Waals surface area contributed by atoms with Crippen LogP contribution in [-0.4, -0.2) is 29.3 Å². The molecule has 0 bridgehead atoms. The Balaban J connectivity index is 2.91. The number of nitrogens with one attached hydrogen (secondary N) is 1. The van der Waals surface area contributed by atoms with Crippen molar-refractivity contribution in [2.24, 2.45) is 0 Å². The zero-order chi connectivity index (χ0) is 13.7. The van der Waals surface area contributed by atoms with E-state index in [0.717, 1.165) is 11.8 Å². The lowest BCUT2D eigenvalue weighted by Gasteiger charge is -2.07. The number of carboxylic acid groups (broad SMARTS) is 2. The molecule has 0 aliphatic heterocycles. The van der Waals surface area contributed by atoms with Crippen molar-refractivity contribution >= 4 is 17.6 Å². The zero-order valence-electron chi connectivity index (χ0n) is 9.93. The highest BCUT2D eigenvalue weighted by atomic mass is 16.5. The summed E-state index contributed by atoms with van der Waals surface area (Å²) >= 11 is 0. The van der Waals surface area contributed by atoms with Crippen LogP contribution in [0.5, 0.6) is 5.75 Å². The number of rotatable bonds is 5. The summed E-state index contributed by atoms with van der Waals surface area (Å²) in [4.78, 5) is 21.2. The zero-order valence-corrected chi connectivity index (χ0v) is 9.93. The predicted octanol–water partition coefficient (Wildman–Crippen LogP) is 1.47. The van der Waals surface area contributed by atoms with E-state index in [4.69, 9.17) is 14.9 Å². The average molecular weight is 251 g/mol. The minimum absolute atomic E-state index is 0.577. The third-order valence-corrected chi connectivity index (χ3v) is 2.24. The first-order valence-electron chi connectivity index (χ1n) is 5.03. The molecule has 96 valence electrons. The maximum Gasteiger partial charge on any atom is 0.344 e. The van der Waals surface area contributed by atoms with Crippen molar-refractivity contribution in [3.05, 3.63) is 35.5 Å². The largest absolute Gasteiger partial charge is 0.496 e. The normalized spacial score (nSPS) is 9.44. The number of carboxylic acids is 2. The number of ether oxygens (including phenoxy) is 1. The number of aryl methyl sites for hydroxylation is 1. The molecule has 1 aromatic carbocycles. The van der Waals surface area contributed by atoms with Crippen molar-refractivity contribution in [1.29, 1.82) is 0 Å². The fourth-order valence-corrected chi connectivity index (χ4v) is 1.34. The Kier molecular flexibility index (Phi) is 4.31. The molecule has 1 rings (SSSR count). The SMILES string of the molecule is COc1ccc(NC=C(C(=O)O)C(=O)O)cc1C. The summed E-state index contributed by atoms with van der Waals surface area (Å²) in [6, 6.07) is 5.08. The number of methoxy groups -OCH3 is 1. The van der Waals surface area contributed by atoms with Crippen molar-refractivity contribution in [2.45, 2.75) is 6.92 Å². The van der Waals surface area contributed by atoms with Crippen LogP contribution in [0.25, 0.3) is 0 Å². The van der Waals surface area contributed by atoms with Crippen LogP contribution in [0.3, 0.4) is 0 Å². The summed E-state index contributed by atoms with van der Waals surface area (Å²) in [5, 5.41) is 19.9. The molecule has 0 aliphatic carbocycles. The number of anilines is 1. The molecule has 0 aromatic heterocycles. The second kappa shape index (κ2) is 5.72. The molecule has 1 aromatic rings. The molecule has 0 amide bonds. The Bertz CT molecular complexity index is 491. The monoisotopic (exact) mass is 251 g/mol. The fraction of sp³-hybridized carbons (Fsp3) is 0.167. The second-order valence-corrected chi connectivity index (χ2v) is 3.50. The molecule has 0 unspecified atom stereocenters. The van der Waals surface area contributed by atoms with Crippen molar-refractivity contribution < 1.29 is 24.5 Å². The van der Waals surface area contributed by atoms with Crippen LogP contribution in [0.2, 0.25) is 0 Å². The third kappa shape index (κ3) is 3.24. The molecule has 0 atom stereocenters. The Hall–Kier alpha value is -2.50. The van der Waals surface area contributed by atoms with Gasteiger partial charge >= 0.3 is 11.9 Å². The van der Waals surface area contributed by atoms with Gasteiger partial charge in [-0.1, -0.05) is 0 Å². The highest BCUT2D eigenvalue weighted by Crippen LogP contribution is 2.21. The summed E-state index contributed by atoms with van der Waals surface area (Å²) in [5.74, 6) is -2.30. The van der Waals surface area contributed by atoms with Crippen LogP contribution >= 0.6 is 0 Å². The average Bonchev–Trinajstić information content (AvgIpc) is 2.28. The summed E-state index contributed by atoms with van der Waals surface area (Å²) in [6.45, 7) is 1.82. The molecule has 0 heterocycles. The van der Waals surface area contributed by atoms with Gasteiger partial charge in [0, 0.05) is 11.9 Å². The van der Waals surface area contributed by atoms with Crippen molar-refractivity contribution in [2.75, 3.05) is 12.4 Å². The van der Waals surface area contributed by atoms with Crippen LogP contribution in [0.15, 0.2) is 30.0 Å². The van der Waals surface area contributed by atoms with Gasteiger partial charge in [0.2, 0.25) is 0 Å². The molecular weight excluding hydrogens is 238 g/mol. The topological polar surface area (TPSA) is 95.9 Å². The van der Waals surface area contributed by atoms with Gasteiger partial charge in [-0.2, -0.15) is 0 Å². The van der Waals surface area contributed by atoms with E-state index in [1.807, 2.05) is 6.92 Å². The van der Waals surface area contributed by atoms with E-state index in [1.54, 1.807) is 25.3 Å². The Morgan fingerprint density at radius 3 is 2.33 bits per heavy atom. The first-order chi connectivity index (χ1) is 8.45. The van der Waals surface area contributed by atoms with Gasteiger partial charge in [-0.3, -0.25) is 0 Å². The van der Waals surface area contributed by atoms with Crippen molar-refractivity contribution in [3.8, 4) is 5.75 Å². The Labute approximate surface area is 104 Å². The summed E-state index contributed by atoms with van der Waals surface area (Å²) in [7, 11) is 1.54. The van der Waals surface area contributed by atoms with E-state index >= 15 is 0 Å². The minimum atomic E-state index is -1.50. The highest BCUT2D eigenvalue weighted by Gasteiger charge is 2.15. The molecule has 3 N–H and O–H groups in total. The van der Waals surface area contributed by atoms with Crippen LogP contribution in [0, 0.1) is 6.92 Å². The maximum atomic E-state index is 10.6. The van der Waals surface area contributed by atoms with Gasteiger partial charge in [-0.25, -0.2) is 9.59 Å². The minimum Gasteiger partial charge on any atom is -0.496 e. The molecule has 0 radical (unpaired) electrons. The van der Waals surface area contributed by atoms with Crippen LogP contribution in [-0.2, 0) is 9.59 Å². The maximum absolute atomic E-state index is 10.6. The lowest BCUT2D eigenvalue weighted by atomic mass is 10.2. The molecule has 0 fully saturated rings. The number of hydrogen-bond donors (Lipinski definition) is 3. The first-order valence-corrected chi connectivity index (χ1v) is 5.03. The lowest BCUT2D eigenvalue weighted by Crippen LogP contribution is -2.12. The predicted molar refractivity (Wildman–Crippen MR) is 64.7 cm³/mol.